The fourth-order valence-corrected chi connectivity index (χ4v) is 17.0. The fraction of sp³-hybridized carbons (Fsp3) is 0.337. The number of phenolic OH excluding ortho intramolecular Hbond substituents is 4. The number of aromatic hydroxyl groups is 4. The summed E-state index contributed by atoms with van der Waals surface area (Å²) in [6.07, 6.45) is 8.78. The molecule has 8 heterocycles. The number of H-pyrrole nitrogens is 4. The number of hydrogen-bond acceptors (Lipinski definition) is 24. The van der Waals surface area contributed by atoms with Crippen LogP contribution in [0.15, 0.2) is 145 Å². The summed E-state index contributed by atoms with van der Waals surface area (Å²) in [4.78, 5) is 62.8. The number of nitrogens with one attached hydrogen (secondary N) is 8. The third kappa shape index (κ3) is 24.7. The van der Waals surface area contributed by atoms with Crippen LogP contribution >= 0.6 is 0 Å². The van der Waals surface area contributed by atoms with Crippen molar-refractivity contribution in [2.45, 2.75) is 150 Å². The minimum atomic E-state index is -3.77. The number of carbonyl (C=O) groups is 4. The van der Waals surface area contributed by atoms with Gasteiger partial charge in [0.15, 0.2) is 23.3 Å². The summed E-state index contributed by atoms with van der Waals surface area (Å²) in [5.74, 6) is 1.55. The maximum absolute atomic E-state index is 12.3. The van der Waals surface area contributed by atoms with Crippen LogP contribution in [0.5, 0.6) is 23.0 Å². The average molecular weight is 1780 g/mol. The molecule has 7 aromatic carbocycles. The first-order chi connectivity index (χ1) is 61.6. The van der Waals surface area contributed by atoms with Crippen LogP contribution in [0.3, 0.4) is 0 Å². The Morgan fingerprint density at radius 2 is 0.729 bits per heavy atom. The zero-order valence-electron chi connectivity index (χ0n) is 74.7. The van der Waals surface area contributed by atoms with E-state index in [0.29, 0.717) is 132 Å². The van der Waals surface area contributed by atoms with E-state index in [1.54, 1.807) is 12.1 Å². The van der Waals surface area contributed by atoms with E-state index in [4.69, 9.17) is 37.8 Å². The number of phenols is 4. The van der Waals surface area contributed by atoms with Gasteiger partial charge in [-0.1, -0.05) is 103 Å². The number of amides is 4. The highest BCUT2D eigenvalue weighted by atomic mass is 32.2. The minimum Gasteiger partial charge on any atom is -0.507 e. The van der Waals surface area contributed by atoms with E-state index in [0.717, 1.165) is 152 Å². The second-order valence-corrected chi connectivity index (χ2v) is 35.1. The van der Waals surface area contributed by atoms with Crippen LogP contribution in [-0.4, -0.2) is 181 Å². The molecule has 12 aromatic rings. The van der Waals surface area contributed by atoms with Gasteiger partial charge in [0, 0.05) is 117 Å². The Hall–Kier alpha value is -13.8. The maximum Gasteiger partial charge on any atom is 0.254 e. The summed E-state index contributed by atoms with van der Waals surface area (Å²) in [6.45, 7) is 25.5. The summed E-state index contributed by atoms with van der Waals surface area (Å²) >= 11 is 0. The van der Waals surface area contributed by atoms with Crippen LogP contribution in [0.4, 0.5) is 34.8 Å². The second kappa shape index (κ2) is 42.7. The normalized spacial score (nSPS) is 13.6. The smallest absolute Gasteiger partial charge is 0.254 e. The number of rotatable bonds is 30. The van der Waals surface area contributed by atoms with Gasteiger partial charge in [0.25, 0.3) is 23.6 Å². The number of benzene rings is 7. The predicted molar refractivity (Wildman–Crippen MR) is 501 cm³/mol. The quantitative estimate of drug-likeness (QED) is 0.0199. The lowest BCUT2D eigenvalue weighted by atomic mass is 10.0. The molecule has 0 bridgehead atoms. The number of primary amides is 4. The molecule has 129 heavy (non-hydrogen) atoms. The third-order valence-electron chi connectivity index (χ3n) is 23.4. The summed E-state index contributed by atoms with van der Waals surface area (Å²) in [5, 5.41) is 86.4. The van der Waals surface area contributed by atoms with E-state index in [1.165, 1.54) is 56.5 Å². The second-order valence-electron chi connectivity index (χ2n) is 33.5. The molecule has 0 atom stereocenters. The highest BCUT2D eigenvalue weighted by Gasteiger charge is 2.29. The lowest BCUT2D eigenvalue weighted by Crippen LogP contribution is -2.44. The van der Waals surface area contributed by atoms with E-state index in [-0.39, 0.29) is 16.2 Å². The van der Waals surface area contributed by atoms with E-state index < -0.39 is 33.7 Å². The van der Waals surface area contributed by atoms with Crippen molar-refractivity contribution in [1.29, 1.82) is 0 Å². The molecule has 15 rings (SSSR count). The Morgan fingerprint density at radius 1 is 0.426 bits per heavy atom. The lowest BCUT2D eigenvalue weighted by Gasteiger charge is -2.37. The van der Waals surface area contributed by atoms with Crippen LogP contribution in [0.25, 0.3) is 0 Å². The average Bonchev–Trinajstić information content (AvgIpc) is 1.68. The van der Waals surface area contributed by atoms with E-state index >= 15 is 0 Å². The van der Waals surface area contributed by atoms with Crippen molar-refractivity contribution in [3.8, 4) is 23.0 Å². The Morgan fingerprint density at radius 3 is 1.03 bits per heavy atom. The Labute approximate surface area is 751 Å². The topological polar surface area (TPSA) is 511 Å². The lowest BCUT2D eigenvalue weighted by molar-refractivity contribution is 0.0342. The molecule has 4 amide bonds. The number of ether oxygens (including phenoxy) is 1. The number of carbonyl (C=O) groups excluding carboxylic acids is 4. The van der Waals surface area contributed by atoms with Gasteiger partial charge in [-0.3, -0.25) is 44.5 Å². The van der Waals surface area contributed by atoms with Crippen molar-refractivity contribution in [2.24, 2.45) is 28.1 Å². The van der Waals surface area contributed by atoms with Crippen molar-refractivity contribution in [1.82, 2.24) is 55.6 Å². The SMILES string of the molecule is Cc1cc(CNc2n[nH]c(Cc3ccc(CN4CCOCC4)cc3)c2C(N)=O)cc(C)c1O.Cc1cc(CNc2n[nH]c(Cc3ccc(N(C)C)cc3)c2C(N)=O)cc(C)c1O.Cc1cc(CNc2n[nH]c(Cc3ccc(N4CCC(N5CCCC5)CC4)nc3)c2C(N)=O)cc(C)c1O.Cc1cc(CNc2n[nH]c(Cc3ccc(S(N)(=O)=O)cc3)c2C(N)=O)cc(C)c1O. The minimum absolute atomic E-state index is 0.00725. The van der Waals surface area contributed by atoms with Crippen LogP contribution in [0.2, 0.25) is 0 Å². The first-order valence-corrected chi connectivity index (χ1v) is 44.5. The molecule has 3 aliphatic heterocycles. The Bertz CT molecular complexity index is 5960. The summed E-state index contributed by atoms with van der Waals surface area (Å²) in [5.41, 5.74) is 42.9. The van der Waals surface area contributed by atoms with Gasteiger partial charge in [0.2, 0.25) is 10.0 Å². The predicted octanol–water partition coefficient (Wildman–Crippen LogP) is 11.1. The molecule has 34 heteroatoms. The highest BCUT2D eigenvalue weighted by Crippen LogP contribution is 2.33. The zero-order chi connectivity index (χ0) is 92.5. The highest BCUT2D eigenvalue weighted by molar-refractivity contribution is 7.89. The maximum atomic E-state index is 12.3. The van der Waals surface area contributed by atoms with Crippen LogP contribution in [0.1, 0.15) is 184 Å². The summed E-state index contributed by atoms with van der Waals surface area (Å²) < 4.78 is 28.2. The number of sulfonamides is 1. The molecule has 22 N–H and O–H groups in total. The molecule has 5 aromatic heterocycles. The number of aromatic amines is 4. The number of nitrogens with zero attached hydrogens (tertiary/aromatic N) is 9. The van der Waals surface area contributed by atoms with Gasteiger partial charge < -0.3 is 84.1 Å². The number of anilines is 6. The molecule has 680 valence electrons. The van der Waals surface area contributed by atoms with Gasteiger partial charge in [0.1, 0.15) is 51.1 Å². The molecule has 3 fully saturated rings. The Balaban J connectivity index is 0.000000157. The molecule has 0 saturated carbocycles. The zero-order valence-corrected chi connectivity index (χ0v) is 75.5. The van der Waals surface area contributed by atoms with Crippen LogP contribution < -0.4 is 59.1 Å². The number of morpholine rings is 1. The van der Waals surface area contributed by atoms with Crippen LogP contribution in [-0.2, 0) is 73.2 Å². The molecule has 3 aliphatic rings. The van der Waals surface area contributed by atoms with Gasteiger partial charge in [-0.25, -0.2) is 18.5 Å². The van der Waals surface area contributed by atoms with Gasteiger partial charge in [0.05, 0.1) is 40.9 Å². The molecule has 0 radical (unpaired) electrons. The number of aryl methyl sites for hydroxylation is 8. The molecule has 0 aliphatic carbocycles. The van der Waals surface area contributed by atoms with Crippen molar-refractivity contribution >= 4 is 68.4 Å². The number of likely N-dealkylation sites (tertiary alicyclic amines) is 1. The third-order valence-corrected chi connectivity index (χ3v) is 24.3. The molecule has 0 unspecified atom stereocenters. The fourth-order valence-electron chi connectivity index (χ4n) is 16.5. The number of aromatic nitrogens is 9. The van der Waals surface area contributed by atoms with E-state index in [9.17, 15) is 48.0 Å². The van der Waals surface area contributed by atoms with Gasteiger partial charge in [-0.2, -0.15) is 20.4 Å². The molecule has 3 saturated heterocycles. The molecule has 33 nitrogen and oxygen atoms in total. The van der Waals surface area contributed by atoms with Gasteiger partial charge >= 0.3 is 0 Å². The van der Waals surface area contributed by atoms with Crippen LogP contribution in [0, 0.1) is 55.4 Å². The number of pyridine rings is 1. The number of primary sulfonamides is 1. The Kier molecular flexibility index (Phi) is 31.2. The summed E-state index contributed by atoms with van der Waals surface area (Å²) in [6, 6.07) is 42.5. The van der Waals surface area contributed by atoms with Gasteiger partial charge in [-0.15, -0.1) is 0 Å². The standard InChI is InChI=1S/C28H37N7O2.C25H31N5O3.C22H27N5O2.C20H23N5O4S/c1-18-13-21(14-19(2)26(18)36)17-31-28-25(27(29)37)23(32-33-28)15-20-5-6-24(30-16-20)35-11-7-22(8-12-35)34-9-3-4-10-34;1-16-11-20(12-17(2)23(16)31)14-27-25-22(24(26)32)21(28-29-25)13-18-3-5-19(6-4-18)15-30-7-9-33-10-8-30;1-13-9-16(10-14(2)20(13)28)12-24-22-19(21(23)29)18(25-26-22)11-15-5-7-17(8-6-15)27(3)4;1-11-7-14(8-12(2)18(11)26)10-23-20-17(19(21)27)16(24-25-20)9-13-3-5-15(6-4-13)30(22,28)29/h5-6,13-14,16,22,36H,3-4,7-12,15,17H2,1-2H3,(H2,29,37)(H2,31,32,33);3-6,11-12,31H,7-10,13-15H2,1-2H3,(H2,26,32)(H2,27,28,29);5-10,28H,11-12H2,1-4H3,(H2,23,29)(H2,24,25,26);3-8,26H,9-10H2,1-2H3,(H2,21,27)(H2,22,28,29)(H2,23,24,25). The van der Waals surface area contributed by atoms with Gasteiger partial charge in [-0.05, 0) is 219 Å². The first kappa shape index (κ1) is 94.3. The molecular formula is C95H118N22O11S. The monoisotopic (exact) mass is 1770 g/mol. The first-order valence-electron chi connectivity index (χ1n) is 42.9. The number of piperidine rings is 1. The number of nitrogens with two attached hydrogens (primary N) is 5. The van der Waals surface area contributed by atoms with E-state index in [1.807, 2.05) is 153 Å². The van der Waals surface area contributed by atoms with Crippen molar-refractivity contribution in [3.05, 3.63) is 279 Å². The molecule has 0 spiro atoms. The van der Waals surface area contributed by atoms with Crippen molar-refractivity contribution < 1.29 is 52.8 Å². The van der Waals surface area contributed by atoms with E-state index in [2.05, 4.69) is 113 Å². The van der Waals surface area contributed by atoms with Crippen molar-refractivity contribution in [3.63, 3.8) is 0 Å². The number of hydrogen-bond donors (Lipinski definition) is 17. The molecular weight excluding hydrogens is 1660 g/mol. The largest absolute Gasteiger partial charge is 0.507 e. The van der Waals surface area contributed by atoms with Crippen molar-refractivity contribution in [2.75, 3.05) is 97.6 Å². The summed E-state index contributed by atoms with van der Waals surface area (Å²) in [7, 11) is 0.208.